The van der Waals surface area contributed by atoms with Gasteiger partial charge in [-0.2, -0.15) is 0 Å². The van der Waals surface area contributed by atoms with E-state index in [0.29, 0.717) is 11.6 Å². The normalized spacial score (nSPS) is 39.2. The molecule has 1 unspecified atom stereocenters. The van der Waals surface area contributed by atoms with Crippen LogP contribution in [0.2, 0.25) is 0 Å². The van der Waals surface area contributed by atoms with Crippen molar-refractivity contribution in [2.24, 2.45) is 0 Å². The highest BCUT2D eigenvalue weighted by atomic mass is 16.5. The summed E-state index contributed by atoms with van der Waals surface area (Å²) in [5.74, 6) is 0. The maximum atomic E-state index is 5.47. The maximum Gasteiger partial charge on any atom is 0.0601 e. The third-order valence-corrected chi connectivity index (χ3v) is 5.82. The summed E-state index contributed by atoms with van der Waals surface area (Å²) in [5.41, 5.74) is 0.447. The van der Waals surface area contributed by atoms with Crippen LogP contribution in [0.15, 0.2) is 0 Å². The van der Waals surface area contributed by atoms with E-state index in [1.54, 1.807) is 0 Å². The Morgan fingerprint density at radius 2 is 1.95 bits per heavy atom. The number of rotatable bonds is 3. The zero-order valence-corrected chi connectivity index (χ0v) is 12.7. The van der Waals surface area contributed by atoms with E-state index in [1.807, 2.05) is 7.11 Å². The van der Waals surface area contributed by atoms with Gasteiger partial charge in [0.25, 0.3) is 0 Å². The van der Waals surface area contributed by atoms with Crippen LogP contribution in [0.1, 0.15) is 58.3 Å². The number of piperazine rings is 1. The number of hydrogen-bond donors (Lipinski definition) is 1. The summed E-state index contributed by atoms with van der Waals surface area (Å²) in [5, 5.41) is 3.92. The fourth-order valence-corrected chi connectivity index (χ4v) is 4.36. The lowest BCUT2D eigenvalue weighted by molar-refractivity contribution is -0.0677. The summed E-state index contributed by atoms with van der Waals surface area (Å²) in [4.78, 5) is 2.83. The van der Waals surface area contributed by atoms with Gasteiger partial charge in [-0.05, 0) is 32.1 Å². The molecule has 3 nitrogen and oxygen atoms in total. The first-order valence-corrected chi connectivity index (χ1v) is 8.30. The van der Waals surface area contributed by atoms with Gasteiger partial charge in [0.2, 0.25) is 0 Å². The summed E-state index contributed by atoms with van der Waals surface area (Å²) in [7, 11) is 1.86. The summed E-state index contributed by atoms with van der Waals surface area (Å²) in [6, 6.07) is 1.53. The molecule has 3 heteroatoms. The van der Waals surface area contributed by atoms with Crippen LogP contribution in [0.4, 0.5) is 0 Å². The van der Waals surface area contributed by atoms with Gasteiger partial charge in [0.15, 0.2) is 0 Å². The van der Waals surface area contributed by atoms with Crippen LogP contribution in [-0.2, 0) is 4.74 Å². The van der Waals surface area contributed by atoms with Crippen molar-refractivity contribution in [1.29, 1.82) is 0 Å². The molecule has 1 heterocycles. The zero-order valence-electron chi connectivity index (χ0n) is 12.7. The predicted octanol–water partition coefficient (Wildman–Crippen LogP) is 2.55. The van der Waals surface area contributed by atoms with E-state index in [0.717, 1.165) is 12.1 Å². The lowest BCUT2D eigenvalue weighted by Gasteiger charge is -2.55. The Hall–Kier alpha value is -0.120. The first-order valence-electron chi connectivity index (χ1n) is 8.30. The van der Waals surface area contributed by atoms with E-state index in [-0.39, 0.29) is 0 Å². The molecule has 0 aromatic rings. The minimum absolute atomic E-state index is 0.447. The Balaban J connectivity index is 1.65. The molecule has 0 aromatic carbocycles. The molecule has 0 aromatic heterocycles. The molecule has 3 aliphatic rings. The average Bonchev–Trinajstić information content (AvgIpc) is 2.39. The number of methoxy groups -OCH3 is 1. The molecule has 1 spiro atoms. The second-order valence-electron chi connectivity index (χ2n) is 6.94. The summed E-state index contributed by atoms with van der Waals surface area (Å²) in [6.07, 6.45) is 11.4. The summed E-state index contributed by atoms with van der Waals surface area (Å²) < 4.78 is 5.47. The minimum Gasteiger partial charge on any atom is -0.381 e. The van der Waals surface area contributed by atoms with Gasteiger partial charge in [-0.25, -0.2) is 0 Å². The second kappa shape index (κ2) is 5.71. The van der Waals surface area contributed by atoms with Crippen LogP contribution in [0.3, 0.4) is 0 Å². The van der Waals surface area contributed by atoms with Gasteiger partial charge in [-0.1, -0.05) is 26.2 Å². The van der Waals surface area contributed by atoms with Crippen molar-refractivity contribution in [2.75, 3.05) is 20.2 Å². The summed E-state index contributed by atoms with van der Waals surface area (Å²) >= 11 is 0. The van der Waals surface area contributed by atoms with E-state index in [4.69, 9.17) is 4.74 Å². The Morgan fingerprint density at radius 1 is 1.21 bits per heavy atom. The van der Waals surface area contributed by atoms with E-state index < -0.39 is 0 Å². The summed E-state index contributed by atoms with van der Waals surface area (Å²) in [6.45, 7) is 4.82. The first-order chi connectivity index (χ1) is 9.26. The number of nitrogens with one attached hydrogen (secondary N) is 1. The monoisotopic (exact) mass is 266 g/mol. The van der Waals surface area contributed by atoms with Crippen molar-refractivity contribution in [3.05, 3.63) is 0 Å². The zero-order chi connectivity index (χ0) is 13.3. The molecule has 0 bridgehead atoms. The molecular weight excluding hydrogens is 236 g/mol. The van der Waals surface area contributed by atoms with Crippen molar-refractivity contribution >= 4 is 0 Å². The molecule has 1 saturated heterocycles. The molecule has 3 fully saturated rings. The van der Waals surface area contributed by atoms with Crippen LogP contribution >= 0.6 is 0 Å². The Morgan fingerprint density at radius 3 is 2.58 bits per heavy atom. The fraction of sp³-hybridized carbons (Fsp3) is 1.00. The second-order valence-corrected chi connectivity index (χ2v) is 6.94. The van der Waals surface area contributed by atoms with Crippen molar-refractivity contribution in [1.82, 2.24) is 10.2 Å². The SMILES string of the molecule is CCC1CNC2(CCCCC2)CN1C1CC(OC)C1. The third kappa shape index (κ3) is 2.70. The molecule has 0 amide bonds. The van der Waals surface area contributed by atoms with Crippen molar-refractivity contribution in [2.45, 2.75) is 82.0 Å². The predicted molar refractivity (Wildman–Crippen MR) is 78.4 cm³/mol. The van der Waals surface area contributed by atoms with E-state index in [9.17, 15) is 0 Å². The van der Waals surface area contributed by atoms with Gasteiger partial charge >= 0.3 is 0 Å². The van der Waals surface area contributed by atoms with Crippen molar-refractivity contribution in [3.8, 4) is 0 Å². The van der Waals surface area contributed by atoms with E-state index in [2.05, 4.69) is 17.1 Å². The number of ether oxygens (including phenoxy) is 1. The number of nitrogens with zero attached hydrogens (tertiary/aromatic N) is 1. The lowest BCUT2D eigenvalue weighted by Crippen LogP contribution is -2.68. The molecule has 0 radical (unpaired) electrons. The Bertz CT molecular complexity index is 295. The third-order valence-electron chi connectivity index (χ3n) is 5.82. The maximum absolute atomic E-state index is 5.47. The molecule has 2 aliphatic carbocycles. The quantitative estimate of drug-likeness (QED) is 0.849. The van der Waals surface area contributed by atoms with Gasteiger partial charge in [-0.3, -0.25) is 4.90 Å². The van der Waals surface area contributed by atoms with Gasteiger partial charge in [-0.15, -0.1) is 0 Å². The molecule has 1 aliphatic heterocycles. The fourth-order valence-electron chi connectivity index (χ4n) is 4.36. The minimum atomic E-state index is 0.447. The van der Waals surface area contributed by atoms with Crippen molar-refractivity contribution < 1.29 is 4.74 Å². The van der Waals surface area contributed by atoms with Crippen LogP contribution < -0.4 is 5.32 Å². The van der Waals surface area contributed by atoms with Crippen LogP contribution in [0, 0.1) is 0 Å². The van der Waals surface area contributed by atoms with Gasteiger partial charge in [0, 0.05) is 37.8 Å². The van der Waals surface area contributed by atoms with Gasteiger partial charge in [0.05, 0.1) is 6.10 Å². The largest absolute Gasteiger partial charge is 0.381 e. The topological polar surface area (TPSA) is 24.5 Å². The molecule has 2 saturated carbocycles. The Labute approximate surface area is 118 Å². The van der Waals surface area contributed by atoms with Crippen LogP contribution in [0.25, 0.3) is 0 Å². The lowest BCUT2D eigenvalue weighted by atomic mass is 9.77. The van der Waals surface area contributed by atoms with E-state index in [1.165, 1.54) is 64.5 Å². The van der Waals surface area contributed by atoms with Gasteiger partial charge < -0.3 is 10.1 Å². The molecule has 1 N–H and O–H groups in total. The van der Waals surface area contributed by atoms with Crippen molar-refractivity contribution in [3.63, 3.8) is 0 Å². The molecule has 1 atom stereocenters. The van der Waals surface area contributed by atoms with Crippen LogP contribution in [0.5, 0.6) is 0 Å². The molecule has 3 rings (SSSR count). The van der Waals surface area contributed by atoms with Gasteiger partial charge in [0.1, 0.15) is 0 Å². The average molecular weight is 266 g/mol. The standard InChI is InChI=1S/C16H30N2O/c1-3-13-11-17-16(7-5-4-6-8-16)12-18(13)14-9-15(10-14)19-2/h13-15,17H,3-12H2,1-2H3. The smallest absolute Gasteiger partial charge is 0.0601 e. The number of hydrogen-bond acceptors (Lipinski definition) is 3. The highest BCUT2D eigenvalue weighted by molar-refractivity contribution is 5.03. The molecular formula is C16H30N2O. The highest BCUT2D eigenvalue weighted by Gasteiger charge is 2.44. The highest BCUT2D eigenvalue weighted by Crippen LogP contribution is 2.37. The Kier molecular flexibility index (Phi) is 4.16. The first kappa shape index (κ1) is 13.8. The van der Waals surface area contributed by atoms with E-state index >= 15 is 0 Å². The molecule has 19 heavy (non-hydrogen) atoms. The molecule has 110 valence electrons. The van der Waals surface area contributed by atoms with Crippen LogP contribution in [-0.4, -0.2) is 48.8 Å².